The Kier molecular flexibility index (Phi) is 9.95. The third kappa shape index (κ3) is 11.5. The van der Waals surface area contributed by atoms with Crippen LogP contribution in [-0.2, 0) is 9.59 Å². The minimum atomic E-state index is -0.353. The second-order valence-electron chi connectivity index (χ2n) is 4.05. The SMILES string of the molecule is CC(CO)CCCNC(=O)CCSCC(N)=O. The molecule has 0 radical (unpaired) electrons. The first-order chi connectivity index (χ1) is 8.06. The van der Waals surface area contributed by atoms with Crippen molar-refractivity contribution in [3.63, 3.8) is 0 Å². The Morgan fingerprint density at radius 3 is 2.76 bits per heavy atom. The molecule has 1 unspecified atom stereocenters. The van der Waals surface area contributed by atoms with Crippen molar-refractivity contribution in [1.29, 1.82) is 0 Å². The Morgan fingerprint density at radius 1 is 1.47 bits per heavy atom. The Hall–Kier alpha value is -0.750. The monoisotopic (exact) mass is 262 g/mol. The van der Waals surface area contributed by atoms with Crippen molar-refractivity contribution >= 4 is 23.6 Å². The third-order valence-corrected chi connectivity index (χ3v) is 3.21. The second-order valence-corrected chi connectivity index (χ2v) is 5.15. The maximum absolute atomic E-state index is 11.3. The average molecular weight is 262 g/mol. The fourth-order valence-electron chi connectivity index (χ4n) is 1.20. The van der Waals surface area contributed by atoms with Gasteiger partial charge in [-0.05, 0) is 18.8 Å². The number of rotatable bonds is 10. The van der Waals surface area contributed by atoms with Gasteiger partial charge in [0.15, 0.2) is 0 Å². The van der Waals surface area contributed by atoms with Crippen LogP contribution in [0.4, 0.5) is 0 Å². The largest absolute Gasteiger partial charge is 0.396 e. The number of nitrogens with two attached hydrogens (primary N) is 1. The summed E-state index contributed by atoms with van der Waals surface area (Å²) >= 11 is 1.37. The zero-order chi connectivity index (χ0) is 13.1. The van der Waals surface area contributed by atoms with Gasteiger partial charge in [-0.2, -0.15) is 11.8 Å². The standard InChI is InChI=1S/C11H22N2O3S/c1-9(7-14)3-2-5-13-11(16)4-6-17-8-10(12)15/h9,14H,2-8H2,1H3,(H2,12,15)(H,13,16). The van der Waals surface area contributed by atoms with Gasteiger partial charge in [0.05, 0.1) is 5.75 Å². The smallest absolute Gasteiger partial charge is 0.227 e. The highest BCUT2D eigenvalue weighted by molar-refractivity contribution is 7.99. The van der Waals surface area contributed by atoms with E-state index in [1.165, 1.54) is 11.8 Å². The van der Waals surface area contributed by atoms with Gasteiger partial charge in [0.2, 0.25) is 11.8 Å². The zero-order valence-corrected chi connectivity index (χ0v) is 11.1. The van der Waals surface area contributed by atoms with Crippen LogP contribution in [0.5, 0.6) is 0 Å². The van der Waals surface area contributed by atoms with Crippen LogP contribution in [0.1, 0.15) is 26.2 Å². The Bertz CT molecular complexity index is 237. The molecule has 2 amide bonds. The lowest BCUT2D eigenvalue weighted by atomic mass is 10.1. The highest BCUT2D eigenvalue weighted by atomic mass is 32.2. The number of hydrogen-bond acceptors (Lipinski definition) is 4. The molecule has 4 N–H and O–H groups in total. The lowest BCUT2D eigenvalue weighted by molar-refractivity contribution is -0.120. The zero-order valence-electron chi connectivity index (χ0n) is 10.3. The number of thioether (sulfide) groups is 1. The molecular weight excluding hydrogens is 240 g/mol. The molecule has 100 valence electrons. The predicted octanol–water partition coefficient (Wildman–Crippen LogP) is 0.120. The van der Waals surface area contributed by atoms with Gasteiger partial charge in [0.25, 0.3) is 0 Å². The van der Waals surface area contributed by atoms with E-state index in [1.54, 1.807) is 0 Å². The summed E-state index contributed by atoms with van der Waals surface area (Å²) in [7, 11) is 0. The molecule has 0 aliphatic carbocycles. The maximum Gasteiger partial charge on any atom is 0.227 e. The molecule has 0 spiro atoms. The summed E-state index contributed by atoms with van der Waals surface area (Å²) in [4.78, 5) is 21.7. The lowest BCUT2D eigenvalue weighted by Crippen LogP contribution is -2.25. The van der Waals surface area contributed by atoms with E-state index in [9.17, 15) is 9.59 Å². The van der Waals surface area contributed by atoms with Gasteiger partial charge in [-0.25, -0.2) is 0 Å². The van der Waals surface area contributed by atoms with Gasteiger partial charge in [-0.1, -0.05) is 6.92 Å². The van der Waals surface area contributed by atoms with Crippen LogP contribution in [0.2, 0.25) is 0 Å². The van der Waals surface area contributed by atoms with Gasteiger partial charge < -0.3 is 16.2 Å². The minimum Gasteiger partial charge on any atom is -0.396 e. The topological polar surface area (TPSA) is 92.4 Å². The van der Waals surface area contributed by atoms with Gasteiger partial charge in [0, 0.05) is 25.3 Å². The molecule has 0 aromatic rings. The maximum atomic E-state index is 11.3. The molecule has 6 heteroatoms. The van der Waals surface area contributed by atoms with Gasteiger partial charge >= 0.3 is 0 Å². The number of nitrogens with one attached hydrogen (secondary N) is 1. The Balaban J connectivity index is 3.32. The first-order valence-electron chi connectivity index (χ1n) is 5.80. The van der Waals surface area contributed by atoms with Crippen LogP contribution in [0.25, 0.3) is 0 Å². The molecule has 0 aliphatic rings. The summed E-state index contributed by atoms with van der Waals surface area (Å²) in [6.45, 7) is 2.81. The fraction of sp³-hybridized carbons (Fsp3) is 0.818. The number of carbonyl (C=O) groups excluding carboxylic acids is 2. The van der Waals surface area contributed by atoms with Crippen LogP contribution >= 0.6 is 11.8 Å². The molecule has 0 aromatic carbocycles. The highest BCUT2D eigenvalue weighted by Gasteiger charge is 2.03. The molecule has 0 aliphatic heterocycles. The molecule has 0 heterocycles. The number of aliphatic hydroxyl groups is 1. The van der Waals surface area contributed by atoms with Crippen molar-refractivity contribution in [2.75, 3.05) is 24.7 Å². The molecule has 5 nitrogen and oxygen atoms in total. The van der Waals surface area contributed by atoms with Crippen LogP contribution in [0.15, 0.2) is 0 Å². The van der Waals surface area contributed by atoms with E-state index >= 15 is 0 Å². The number of aliphatic hydroxyl groups excluding tert-OH is 1. The van der Waals surface area contributed by atoms with Crippen LogP contribution in [0.3, 0.4) is 0 Å². The van der Waals surface area contributed by atoms with E-state index in [0.29, 0.717) is 18.7 Å². The van der Waals surface area contributed by atoms with Crippen molar-refractivity contribution in [3.8, 4) is 0 Å². The third-order valence-electron chi connectivity index (χ3n) is 2.23. The number of hydrogen-bond donors (Lipinski definition) is 3. The van der Waals surface area contributed by atoms with Crippen molar-refractivity contribution in [2.45, 2.75) is 26.2 Å². The van der Waals surface area contributed by atoms with Crippen molar-refractivity contribution in [3.05, 3.63) is 0 Å². The second kappa shape index (κ2) is 10.4. The summed E-state index contributed by atoms with van der Waals surface area (Å²) < 4.78 is 0. The molecule has 0 saturated heterocycles. The Morgan fingerprint density at radius 2 is 2.18 bits per heavy atom. The number of amides is 2. The molecule has 1 atom stereocenters. The minimum absolute atomic E-state index is 0.00128. The number of carbonyl (C=O) groups is 2. The van der Waals surface area contributed by atoms with E-state index in [-0.39, 0.29) is 30.1 Å². The summed E-state index contributed by atoms with van der Waals surface area (Å²) in [6, 6.07) is 0. The van der Waals surface area contributed by atoms with Crippen molar-refractivity contribution in [2.24, 2.45) is 11.7 Å². The first-order valence-corrected chi connectivity index (χ1v) is 6.95. The van der Waals surface area contributed by atoms with Gasteiger partial charge in [0.1, 0.15) is 0 Å². The van der Waals surface area contributed by atoms with Crippen molar-refractivity contribution in [1.82, 2.24) is 5.32 Å². The average Bonchev–Trinajstić information content (AvgIpc) is 2.29. The molecule has 17 heavy (non-hydrogen) atoms. The highest BCUT2D eigenvalue weighted by Crippen LogP contribution is 2.03. The van der Waals surface area contributed by atoms with E-state index in [1.807, 2.05) is 6.92 Å². The summed E-state index contributed by atoms with van der Waals surface area (Å²) in [5.41, 5.74) is 4.97. The van der Waals surface area contributed by atoms with Gasteiger partial charge in [-0.3, -0.25) is 9.59 Å². The van der Waals surface area contributed by atoms with Crippen LogP contribution < -0.4 is 11.1 Å². The van der Waals surface area contributed by atoms with Crippen molar-refractivity contribution < 1.29 is 14.7 Å². The van der Waals surface area contributed by atoms with E-state index in [4.69, 9.17) is 10.8 Å². The first kappa shape index (κ1) is 16.2. The van der Waals surface area contributed by atoms with Crippen LogP contribution in [0, 0.1) is 5.92 Å². The Labute approximate surface area is 107 Å². The van der Waals surface area contributed by atoms with Crippen LogP contribution in [-0.4, -0.2) is 41.6 Å². The summed E-state index contributed by atoms with van der Waals surface area (Å²) in [6.07, 6.45) is 2.20. The van der Waals surface area contributed by atoms with E-state index in [0.717, 1.165) is 12.8 Å². The molecule has 0 rings (SSSR count). The van der Waals surface area contributed by atoms with Gasteiger partial charge in [-0.15, -0.1) is 0 Å². The normalized spacial score (nSPS) is 12.1. The molecule has 0 aromatic heterocycles. The molecule has 0 bridgehead atoms. The van der Waals surface area contributed by atoms with E-state index < -0.39 is 0 Å². The lowest BCUT2D eigenvalue weighted by Gasteiger charge is -2.08. The van der Waals surface area contributed by atoms with E-state index in [2.05, 4.69) is 5.32 Å². The quantitative estimate of drug-likeness (QED) is 0.488. The fourth-order valence-corrected chi connectivity index (χ4v) is 1.87. The summed E-state index contributed by atoms with van der Waals surface area (Å²) in [5.74, 6) is 0.813. The molecular formula is C11H22N2O3S. The number of primary amides is 1. The molecule has 0 saturated carbocycles. The predicted molar refractivity (Wildman–Crippen MR) is 69.6 cm³/mol. The summed E-state index contributed by atoms with van der Waals surface area (Å²) in [5, 5.41) is 11.6. The molecule has 0 fully saturated rings.